The van der Waals surface area contributed by atoms with E-state index in [4.69, 9.17) is 0 Å². The van der Waals surface area contributed by atoms with Crippen LogP contribution in [0.5, 0.6) is 0 Å². The summed E-state index contributed by atoms with van der Waals surface area (Å²) in [7, 11) is 0. The van der Waals surface area contributed by atoms with Crippen molar-refractivity contribution in [1.82, 2.24) is 20.2 Å². The summed E-state index contributed by atoms with van der Waals surface area (Å²) < 4.78 is 0. The van der Waals surface area contributed by atoms with Gasteiger partial charge in [0.1, 0.15) is 11.4 Å². The summed E-state index contributed by atoms with van der Waals surface area (Å²) in [6.45, 7) is 1.90. The molecule has 1 fully saturated rings. The van der Waals surface area contributed by atoms with Crippen LogP contribution in [0.1, 0.15) is 45.8 Å². The zero-order valence-electron chi connectivity index (χ0n) is 13.4. The molecule has 3 heterocycles. The van der Waals surface area contributed by atoms with E-state index in [2.05, 4.69) is 15.3 Å². The second-order valence-corrected chi connectivity index (χ2v) is 5.80. The summed E-state index contributed by atoms with van der Waals surface area (Å²) in [6, 6.07) is 8.68. The Bertz CT molecular complexity index is 712. The Morgan fingerprint density at radius 2 is 1.83 bits per heavy atom. The van der Waals surface area contributed by atoms with E-state index < -0.39 is 0 Å². The van der Waals surface area contributed by atoms with E-state index in [1.165, 1.54) is 0 Å². The molecule has 1 aliphatic rings. The van der Waals surface area contributed by atoms with Crippen LogP contribution >= 0.6 is 0 Å². The number of nitrogens with one attached hydrogen (secondary N) is 1. The lowest BCUT2D eigenvalue weighted by Gasteiger charge is -2.26. The van der Waals surface area contributed by atoms with Crippen LogP contribution in [0.2, 0.25) is 0 Å². The zero-order chi connectivity index (χ0) is 16.8. The van der Waals surface area contributed by atoms with Crippen molar-refractivity contribution < 1.29 is 9.59 Å². The van der Waals surface area contributed by atoms with Crippen LogP contribution in [0.15, 0.2) is 42.7 Å². The molecule has 0 unspecified atom stereocenters. The summed E-state index contributed by atoms with van der Waals surface area (Å²) in [6.07, 6.45) is 6.59. The lowest BCUT2D eigenvalue weighted by atomic mass is 10.1. The van der Waals surface area contributed by atoms with Gasteiger partial charge in [0.05, 0.1) is 0 Å². The van der Waals surface area contributed by atoms with Gasteiger partial charge in [-0.3, -0.25) is 14.6 Å². The van der Waals surface area contributed by atoms with Crippen molar-refractivity contribution in [1.29, 1.82) is 0 Å². The van der Waals surface area contributed by atoms with Gasteiger partial charge in [0.25, 0.3) is 11.8 Å². The fourth-order valence-electron chi connectivity index (χ4n) is 2.71. The molecule has 0 saturated carbocycles. The smallest absolute Gasteiger partial charge is 0.272 e. The molecule has 1 N–H and O–H groups in total. The van der Waals surface area contributed by atoms with Crippen LogP contribution in [0.3, 0.4) is 0 Å². The summed E-state index contributed by atoms with van der Waals surface area (Å²) in [5, 5.41) is 2.79. The second-order valence-electron chi connectivity index (χ2n) is 5.80. The highest BCUT2D eigenvalue weighted by atomic mass is 16.2. The molecule has 2 amide bonds. The molecule has 6 nitrogen and oxygen atoms in total. The van der Waals surface area contributed by atoms with Crippen LogP contribution in [-0.4, -0.2) is 39.8 Å². The molecule has 124 valence electrons. The Kier molecular flexibility index (Phi) is 5.15. The Morgan fingerprint density at radius 1 is 1.04 bits per heavy atom. The molecule has 2 aromatic rings. The summed E-state index contributed by atoms with van der Waals surface area (Å²) in [5.74, 6) is -0.399. The minimum atomic E-state index is -0.299. The first kappa shape index (κ1) is 16.1. The van der Waals surface area contributed by atoms with Gasteiger partial charge in [-0.1, -0.05) is 12.1 Å². The van der Waals surface area contributed by atoms with Crippen molar-refractivity contribution in [3.05, 3.63) is 59.7 Å². The predicted molar refractivity (Wildman–Crippen MR) is 89.4 cm³/mol. The number of amides is 2. The molecule has 6 heteroatoms. The van der Waals surface area contributed by atoms with Gasteiger partial charge in [-0.25, -0.2) is 4.98 Å². The monoisotopic (exact) mass is 324 g/mol. The number of rotatable bonds is 4. The Balaban J connectivity index is 1.65. The van der Waals surface area contributed by atoms with E-state index in [1.54, 1.807) is 30.6 Å². The maximum absolute atomic E-state index is 12.5. The number of aromatic nitrogens is 2. The minimum absolute atomic E-state index is 0.100. The van der Waals surface area contributed by atoms with Crippen LogP contribution in [0.4, 0.5) is 0 Å². The van der Waals surface area contributed by atoms with Gasteiger partial charge in [0.15, 0.2) is 0 Å². The SMILES string of the molecule is O=C(NCc1cccnc1)c1cccc(C(=O)N2CCCCC2)n1. The standard InChI is InChI=1S/C18H20N4O2/c23-17(20-13-14-6-5-9-19-12-14)15-7-4-8-16(21-15)18(24)22-10-2-1-3-11-22/h4-9,12H,1-3,10-11,13H2,(H,20,23). The molecule has 0 aromatic carbocycles. The summed E-state index contributed by atoms with van der Waals surface area (Å²) >= 11 is 0. The van der Waals surface area contributed by atoms with Gasteiger partial charge >= 0.3 is 0 Å². The van der Waals surface area contributed by atoms with Crippen molar-refractivity contribution >= 4 is 11.8 Å². The number of piperidine rings is 1. The third-order valence-electron chi connectivity index (χ3n) is 4.02. The number of likely N-dealkylation sites (tertiary alicyclic amines) is 1. The number of hydrogen-bond acceptors (Lipinski definition) is 4. The Labute approximate surface area is 140 Å². The highest BCUT2D eigenvalue weighted by Gasteiger charge is 2.20. The largest absolute Gasteiger partial charge is 0.347 e. The quantitative estimate of drug-likeness (QED) is 0.934. The van der Waals surface area contributed by atoms with Crippen molar-refractivity contribution in [2.45, 2.75) is 25.8 Å². The lowest BCUT2D eigenvalue weighted by molar-refractivity contribution is 0.0718. The van der Waals surface area contributed by atoms with Crippen molar-refractivity contribution in [3.63, 3.8) is 0 Å². The molecular formula is C18H20N4O2. The maximum atomic E-state index is 12.5. The molecule has 0 aliphatic carbocycles. The molecule has 0 bridgehead atoms. The summed E-state index contributed by atoms with van der Waals surface area (Å²) in [4.78, 5) is 34.8. The number of carbonyl (C=O) groups is 2. The number of carbonyl (C=O) groups excluding carboxylic acids is 2. The topological polar surface area (TPSA) is 75.2 Å². The fraction of sp³-hybridized carbons (Fsp3) is 0.333. The molecule has 3 rings (SSSR count). The average Bonchev–Trinajstić information content (AvgIpc) is 2.67. The van der Waals surface area contributed by atoms with Gasteiger partial charge in [0.2, 0.25) is 0 Å². The van der Waals surface area contributed by atoms with E-state index in [-0.39, 0.29) is 17.5 Å². The summed E-state index contributed by atoms with van der Waals surface area (Å²) in [5.41, 5.74) is 1.49. The van der Waals surface area contributed by atoms with Crippen LogP contribution in [0, 0.1) is 0 Å². The van der Waals surface area contributed by atoms with Gasteiger partial charge in [0, 0.05) is 32.0 Å². The fourth-order valence-corrected chi connectivity index (χ4v) is 2.71. The number of hydrogen-bond donors (Lipinski definition) is 1. The molecule has 1 aliphatic heterocycles. The van der Waals surface area contributed by atoms with Crippen molar-refractivity contribution in [2.24, 2.45) is 0 Å². The minimum Gasteiger partial charge on any atom is -0.347 e. The van der Waals surface area contributed by atoms with Gasteiger partial charge in [-0.05, 0) is 43.0 Å². The second kappa shape index (κ2) is 7.68. The van der Waals surface area contributed by atoms with E-state index >= 15 is 0 Å². The van der Waals surface area contributed by atoms with Gasteiger partial charge < -0.3 is 10.2 Å². The lowest BCUT2D eigenvalue weighted by Crippen LogP contribution is -2.36. The third kappa shape index (κ3) is 3.95. The van der Waals surface area contributed by atoms with Crippen molar-refractivity contribution in [2.75, 3.05) is 13.1 Å². The predicted octanol–water partition coefficient (Wildman–Crippen LogP) is 2.03. The first-order chi connectivity index (χ1) is 11.7. The van der Waals surface area contributed by atoms with Crippen LogP contribution in [0.25, 0.3) is 0 Å². The number of nitrogens with zero attached hydrogens (tertiary/aromatic N) is 3. The van der Waals surface area contributed by atoms with Crippen molar-refractivity contribution in [3.8, 4) is 0 Å². The van der Waals surface area contributed by atoms with E-state index in [9.17, 15) is 9.59 Å². The molecule has 2 aromatic heterocycles. The average molecular weight is 324 g/mol. The molecule has 0 radical (unpaired) electrons. The van der Waals surface area contributed by atoms with E-state index in [0.29, 0.717) is 12.2 Å². The van der Waals surface area contributed by atoms with E-state index in [0.717, 1.165) is 37.9 Å². The van der Waals surface area contributed by atoms with Crippen LogP contribution < -0.4 is 5.32 Å². The Hall–Kier alpha value is -2.76. The van der Waals surface area contributed by atoms with E-state index in [1.807, 2.05) is 17.0 Å². The molecule has 0 spiro atoms. The highest BCUT2D eigenvalue weighted by molar-refractivity contribution is 5.96. The Morgan fingerprint density at radius 3 is 2.58 bits per heavy atom. The molecular weight excluding hydrogens is 304 g/mol. The zero-order valence-corrected chi connectivity index (χ0v) is 13.4. The normalized spacial score (nSPS) is 14.2. The van der Waals surface area contributed by atoms with Gasteiger partial charge in [-0.15, -0.1) is 0 Å². The van der Waals surface area contributed by atoms with Gasteiger partial charge in [-0.2, -0.15) is 0 Å². The van der Waals surface area contributed by atoms with Crippen LogP contribution in [-0.2, 0) is 6.54 Å². The molecule has 24 heavy (non-hydrogen) atoms. The first-order valence-electron chi connectivity index (χ1n) is 8.17. The molecule has 0 atom stereocenters. The third-order valence-corrected chi connectivity index (χ3v) is 4.02. The molecule has 1 saturated heterocycles. The number of pyridine rings is 2. The maximum Gasteiger partial charge on any atom is 0.272 e. The highest BCUT2D eigenvalue weighted by Crippen LogP contribution is 2.12. The first-order valence-corrected chi connectivity index (χ1v) is 8.17.